The number of rotatable bonds is 2. The summed E-state index contributed by atoms with van der Waals surface area (Å²) in [7, 11) is 0. The number of phenols is 1. The van der Waals surface area contributed by atoms with Crippen LogP contribution < -0.4 is 5.56 Å². The predicted octanol–water partition coefficient (Wildman–Crippen LogP) is 1.18. The molecule has 2 rings (SSSR count). The minimum Gasteiger partial charge on any atom is -0.507 e. The lowest BCUT2D eigenvalue weighted by Gasteiger charge is -2.03. The third-order valence-corrected chi connectivity index (χ3v) is 2.43. The van der Waals surface area contributed by atoms with E-state index in [1.807, 2.05) is 0 Å². The molecule has 5 nitrogen and oxygen atoms in total. The Morgan fingerprint density at radius 3 is 2.72 bits per heavy atom. The van der Waals surface area contributed by atoms with Crippen LogP contribution in [0.1, 0.15) is 21.5 Å². The van der Waals surface area contributed by atoms with Gasteiger partial charge in [0.25, 0.3) is 5.56 Å². The summed E-state index contributed by atoms with van der Waals surface area (Å²) in [5, 5.41) is 18.3. The predicted molar refractivity (Wildman–Crippen MR) is 63.3 cm³/mol. The molecule has 0 amide bonds. The molecule has 5 heteroatoms. The highest BCUT2D eigenvalue weighted by atomic mass is 16.3. The molecule has 0 bridgehead atoms. The Hall–Kier alpha value is -2.87. The topological polar surface area (TPSA) is 93.9 Å². The molecular formula is C13H8N2O3. The van der Waals surface area contributed by atoms with Crippen molar-refractivity contribution in [2.75, 3.05) is 0 Å². The largest absolute Gasteiger partial charge is 0.507 e. The van der Waals surface area contributed by atoms with Crippen LogP contribution >= 0.6 is 0 Å². The molecule has 18 heavy (non-hydrogen) atoms. The first kappa shape index (κ1) is 11.6. The van der Waals surface area contributed by atoms with Crippen LogP contribution in [0.2, 0.25) is 0 Å². The lowest BCUT2D eigenvalue weighted by atomic mass is 10.0. The number of aromatic hydroxyl groups is 1. The van der Waals surface area contributed by atoms with E-state index in [-0.39, 0.29) is 22.4 Å². The minimum absolute atomic E-state index is 0.119. The van der Waals surface area contributed by atoms with Gasteiger partial charge in [0.1, 0.15) is 17.4 Å². The molecule has 1 heterocycles. The second kappa shape index (κ2) is 4.55. The Bertz CT molecular complexity index is 711. The summed E-state index contributed by atoms with van der Waals surface area (Å²) >= 11 is 0. The molecule has 0 spiro atoms. The van der Waals surface area contributed by atoms with Crippen molar-refractivity contribution in [1.82, 2.24) is 4.98 Å². The van der Waals surface area contributed by atoms with Gasteiger partial charge in [0.15, 0.2) is 5.78 Å². The second-order valence-electron chi connectivity index (χ2n) is 3.59. The summed E-state index contributed by atoms with van der Waals surface area (Å²) in [5.41, 5.74) is -0.427. The van der Waals surface area contributed by atoms with Crippen LogP contribution in [0.15, 0.2) is 41.3 Å². The van der Waals surface area contributed by atoms with Crippen LogP contribution in [0.3, 0.4) is 0 Å². The SMILES string of the molecule is N#Cc1cc(C(=O)c2ccccc2O)c[nH]c1=O. The number of para-hydroxylation sites is 1. The van der Waals surface area contributed by atoms with Gasteiger partial charge < -0.3 is 10.1 Å². The molecule has 0 aliphatic heterocycles. The number of nitrogens with zero attached hydrogens (tertiary/aromatic N) is 1. The van der Waals surface area contributed by atoms with Crippen LogP contribution in [0.25, 0.3) is 0 Å². The maximum Gasteiger partial charge on any atom is 0.265 e. The zero-order valence-corrected chi connectivity index (χ0v) is 9.18. The highest BCUT2D eigenvalue weighted by Crippen LogP contribution is 2.19. The van der Waals surface area contributed by atoms with E-state index in [2.05, 4.69) is 4.98 Å². The van der Waals surface area contributed by atoms with Gasteiger partial charge in [-0.05, 0) is 18.2 Å². The molecule has 88 valence electrons. The van der Waals surface area contributed by atoms with Gasteiger partial charge in [-0.15, -0.1) is 0 Å². The molecule has 0 aliphatic carbocycles. The number of aromatic amines is 1. The Balaban J connectivity index is 2.51. The standard InChI is InChI=1S/C13H8N2O3/c14-6-8-5-9(7-15-13(8)18)12(17)10-3-1-2-4-11(10)16/h1-5,7,16H,(H,15,18). The van der Waals surface area contributed by atoms with E-state index in [0.717, 1.165) is 0 Å². The van der Waals surface area contributed by atoms with Crippen molar-refractivity contribution in [3.8, 4) is 11.8 Å². The molecule has 0 saturated carbocycles. The number of phenolic OH excluding ortho intramolecular Hbond substituents is 1. The fourth-order valence-corrected chi connectivity index (χ4v) is 1.52. The summed E-state index contributed by atoms with van der Waals surface area (Å²) < 4.78 is 0. The van der Waals surface area contributed by atoms with Crippen LogP contribution in [0, 0.1) is 11.3 Å². The van der Waals surface area contributed by atoms with Crippen LogP contribution in [-0.2, 0) is 0 Å². The molecule has 2 aromatic rings. The maximum absolute atomic E-state index is 12.1. The van der Waals surface area contributed by atoms with Crippen molar-refractivity contribution in [2.45, 2.75) is 0 Å². The molecule has 0 aliphatic rings. The first-order valence-electron chi connectivity index (χ1n) is 5.09. The number of benzene rings is 1. The van der Waals surface area contributed by atoms with Gasteiger partial charge in [0.2, 0.25) is 0 Å². The van der Waals surface area contributed by atoms with Gasteiger partial charge in [0, 0.05) is 11.8 Å². The Morgan fingerprint density at radius 1 is 1.33 bits per heavy atom. The zero-order chi connectivity index (χ0) is 13.1. The summed E-state index contributed by atoms with van der Waals surface area (Å²) in [6.45, 7) is 0. The van der Waals surface area contributed by atoms with E-state index in [1.54, 1.807) is 18.2 Å². The summed E-state index contributed by atoms with van der Waals surface area (Å²) in [4.78, 5) is 25.6. The third-order valence-electron chi connectivity index (χ3n) is 2.43. The molecule has 0 radical (unpaired) electrons. The van der Waals surface area contributed by atoms with Crippen molar-refractivity contribution >= 4 is 5.78 Å². The number of nitriles is 1. The Kier molecular flexibility index (Phi) is 2.94. The van der Waals surface area contributed by atoms with Gasteiger partial charge in [0.05, 0.1) is 5.56 Å². The van der Waals surface area contributed by atoms with Crippen LogP contribution in [0.5, 0.6) is 5.75 Å². The number of nitrogens with one attached hydrogen (secondary N) is 1. The van der Waals surface area contributed by atoms with Crippen molar-refractivity contribution in [3.63, 3.8) is 0 Å². The molecule has 0 unspecified atom stereocenters. The fraction of sp³-hybridized carbons (Fsp3) is 0. The highest BCUT2D eigenvalue weighted by Gasteiger charge is 2.14. The molecular weight excluding hydrogens is 232 g/mol. The minimum atomic E-state index is -0.550. The highest BCUT2D eigenvalue weighted by molar-refractivity contribution is 6.10. The molecule has 1 aromatic carbocycles. The van der Waals surface area contributed by atoms with E-state index in [9.17, 15) is 14.7 Å². The number of pyridine rings is 1. The Morgan fingerprint density at radius 2 is 2.06 bits per heavy atom. The summed E-state index contributed by atoms with van der Waals surface area (Å²) in [6.07, 6.45) is 1.22. The van der Waals surface area contributed by atoms with Gasteiger partial charge in [-0.2, -0.15) is 5.26 Å². The molecule has 1 aromatic heterocycles. The van der Waals surface area contributed by atoms with Crippen molar-refractivity contribution in [1.29, 1.82) is 5.26 Å². The van der Waals surface area contributed by atoms with Crippen molar-refractivity contribution in [3.05, 3.63) is 63.6 Å². The number of aromatic nitrogens is 1. The quantitative estimate of drug-likeness (QED) is 0.771. The lowest BCUT2D eigenvalue weighted by molar-refractivity contribution is 0.103. The Labute approximate surface area is 102 Å². The number of ketones is 1. The lowest BCUT2D eigenvalue weighted by Crippen LogP contribution is -2.12. The van der Waals surface area contributed by atoms with Gasteiger partial charge in [-0.25, -0.2) is 0 Å². The first-order chi connectivity index (χ1) is 8.63. The monoisotopic (exact) mass is 240 g/mol. The van der Waals surface area contributed by atoms with Gasteiger partial charge in [-0.1, -0.05) is 12.1 Å². The zero-order valence-electron chi connectivity index (χ0n) is 9.18. The summed E-state index contributed by atoms with van der Waals surface area (Å²) in [5.74, 6) is -0.604. The molecule has 2 N–H and O–H groups in total. The van der Waals surface area contributed by atoms with Crippen LogP contribution in [0.4, 0.5) is 0 Å². The normalized spacial score (nSPS) is 9.72. The third kappa shape index (κ3) is 1.99. The van der Waals surface area contributed by atoms with E-state index >= 15 is 0 Å². The molecule has 0 fully saturated rings. The second-order valence-corrected chi connectivity index (χ2v) is 3.59. The first-order valence-corrected chi connectivity index (χ1v) is 5.09. The molecule has 0 saturated heterocycles. The van der Waals surface area contributed by atoms with Crippen molar-refractivity contribution < 1.29 is 9.90 Å². The van der Waals surface area contributed by atoms with E-state index < -0.39 is 11.3 Å². The smallest absolute Gasteiger partial charge is 0.265 e. The van der Waals surface area contributed by atoms with E-state index in [4.69, 9.17) is 5.26 Å². The number of carbonyl (C=O) groups excluding carboxylic acids is 1. The van der Waals surface area contributed by atoms with Crippen molar-refractivity contribution in [2.24, 2.45) is 0 Å². The number of hydrogen-bond donors (Lipinski definition) is 2. The van der Waals surface area contributed by atoms with E-state index in [1.165, 1.54) is 24.4 Å². The summed E-state index contributed by atoms with van der Waals surface area (Å²) in [6, 6.07) is 8.97. The number of hydrogen-bond acceptors (Lipinski definition) is 4. The van der Waals surface area contributed by atoms with Gasteiger partial charge >= 0.3 is 0 Å². The fourth-order valence-electron chi connectivity index (χ4n) is 1.52. The average molecular weight is 240 g/mol. The van der Waals surface area contributed by atoms with Gasteiger partial charge in [-0.3, -0.25) is 9.59 Å². The van der Waals surface area contributed by atoms with E-state index in [0.29, 0.717) is 0 Å². The number of H-pyrrole nitrogens is 1. The maximum atomic E-state index is 12.1. The molecule has 0 atom stereocenters. The van der Waals surface area contributed by atoms with Crippen LogP contribution in [-0.4, -0.2) is 15.9 Å². The number of carbonyl (C=O) groups is 1. The average Bonchev–Trinajstić information content (AvgIpc) is 2.39.